The summed E-state index contributed by atoms with van der Waals surface area (Å²) in [6, 6.07) is 2.63. The molecule has 0 fully saturated rings. The van der Waals surface area contributed by atoms with Gasteiger partial charge >= 0.3 is 0 Å². The van der Waals surface area contributed by atoms with Crippen LogP contribution in [0.5, 0.6) is 0 Å². The molecule has 1 unspecified atom stereocenters. The van der Waals surface area contributed by atoms with Crippen molar-refractivity contribution in [3.05, 3.63) is 40.1 Å². The number of hydrazone groups is 1. The van der Waals surface area contributed by atoms with E-state index in [0.717, 1.165) is 19.5 Å². The fourth-order valence-corrected chi connectivity index (χ4v) is 3.11. The van der Waals surface area contributed by atoms with E-state index in [4.69, 9.17) is 0 Å². The highest BCUT2D eigenvalue weighted by Gasteiger charge is 2.28. The van der Waals surface area contributed by atoms with Crippen molar-refractivity contribution in [1.82, 2.24) is 10.3 Å². The number of thiophene rings is 1. The first-order valence-electron chi connectivity index (χ1n) is 6.27. The van der Waals surface area contributed by atoms with E-state index < -0.39 is 0 Å². The monoisotopic (exact) mass is 259 g/mol. The maximum Gasteiger partial charge on any atom is 0.0776 e. The molecule has 3 nitrogen and oxygen atoms in total. The zero-order chi connectivity index (χ0) is 12.4. The van der Waals surface area contributed by atoms with Gasteiger partial charge in [-0.25, -0.2) is 0 Å². The molecular weight excluding hydrogens is 242 g/mol. The van der Waals surface area contributed by atoms with Crippen molar-refractivity contribution >= 4 is 23.1 Å². The molecule has 0 spiro atoms. The van der Waals surface area contributed by atoms with E-state index in [1.54, 1.807) is 11.3 Å². The van der Waals surface area contributed by atoms with E-state index in [9.17, 15) is 0 Å². The maximum atomic E-state index is 4.50. The molecule has 2 heterocycles. The Kier molecular flexibility index (Phi) is 3.30. The van der Waals surface area contributed by atoms with E-state index in [0.29, 0.717) is 6.04 Å². The Hall–Kier alpha value is -1.39. The van der Waals surface area contributed by atoms with Crippen LogP contribution < -0.4 is 5.32 Å². The smallest absolute Gasteiger partial charge is 0.0776 e. The molecule has 4 heteroatoms. The molecule has 0 amide bonds. The largest absolute Gasteiger partial charge is 0.318 e. The van der Waals surface area contributed by atoms with Crippen molar-refractivity contribution in [2.24, 2.45) is 5.10 Å². The predicted molar refractivity (Wildman–Crippen MR) is 77.9 cm³/mol. The van der Waals surface area contributed by atoms with Crippen molar-refractivity contribution in [1.29, 1.82) is 0 Å². The molecule has 18 heavy (non-hydrogen) atoms. The van der Waals surface area contributed by atoms with Crippen LogP contribution in [0.3, 0.4) is 0 Å². The highest BCUT2D eigenvalue weighted by molar-refractivity contribution is 7.08. The zero-order valence-corrected chi connectivity index (χ0v) is 11.3. The van der Waals surface area contributed by atoms with Crippen LogP contribution in [0.4, 0.5) is 0 Å². The van der Waals surface area contributed by atoms with Gasteiger partial charge in [-0.15, -0.1) is 0 Å². The summed E-state index contributed by atoms with van der Waals surface area (Å²) in [6.45, 7) is 1.94. The topological polar surface area (TPSA) is 27.6 Å². The minimum absolute atomic E-state index is 0.429. The van der Waals surface area contributed by atoms with E-state index in [2.05, 4.69) is 44.4 Å². The lowest BCUT2D eigenvalue weighted by atomic mass is 9.91. The Morgan fingerprint density at radius 1 is 1.50 bits per heavy atom. The van der Waals surface area contributed by atoms with E-state index >= 15 is 0 Å². The Bertz CT molecular complexity index is 499. The number of nitrogens with zero attached hydrogens (tertiary/aromatic N) is 2. The zero-order valence-electron chi connectivity index (χ0n) is 10.5. The van der Waals surface area contributed by atoms with Crippen molar-refractivity contribution in [3.63, 3.8) is 0 Å². The summed E-state index contributed by atoms with van der Waals surface area (Å²) in [7, 11) is 1.98. The van der Waals surface area contributed by atoms with Gasteiger partial charge in [-0.1, -0.05) is 12.2 Å². The first-order valence-corrected chi connectivity index (χ1v) is 7.21. The minimum atomic E-state index is 0.429. The van der Waals surface area contributed by atoms with E-state index in [1.807, 2.05) is 13.3 Å². The number of rotatable bonds is 4. The lowest BCUT2D eigenvalue weighted by Gasteiger charge is -2.27. The van der Waals surface area contributed by atoms with Gasteiger partial charge in [0.15, 0.2) is 0 Å². The number of hydrogen-bond donors (Lipinski definition) is 1. The lowest BCUT2D eigenvalue weighted by Crippen LogP contribution is -2.34. The Morgan fingerprint density at radius 2 is 2.44 bits per heavy atom. The van der Waals surface area contributed by atoms with Gasteiger partial charge in [-0.05, 0) is 47.0 Å². The molecule has 1 atom stereocenters. The average Bonchev–Trinajstić information content (AvgIpc) is 3.05. The molecule has 3 rings (SSSR count). The molecule has 2 aliphatic rings. The third-order valence-corrected chi connectivity index (χ3v) is 4.16. The van der Waals surface area contributed by atoms with Crippen molar-refractivity contribution in [2.75, 3.05) is 20.1 Å². The first-order chi connectivity index (χ1) is 8.88. The number of hydrogen-bond acceptors (Lipinski definition) is 4. The summed E-state index contributed by atoms with van der Waals surface area (Å²) in [4.78, 5) is 0. The second-order valence-electron chi connectivity index (χ2n) is 4.60. The Morgan fingerprint density at radius 3 is 3.22 bits per heavy atom. The maximum absolute atomic E-state index is 4.50. The third-order valence-electron chi connectivity index (χ3n) is 3.47. The molecule has 1 aliphatic carbocycles. The quantitative estimate of drug-likeness (QED) is 0.899. The molecule has 0 aromatic carbocycles. The second-order valence-corrected chi connectivity index (χ2v) is 5.38. The first kappa shape index (κ1) is 11.7. The Labute approximate surface area is 112 Å². The molecule has 0 saturated heterocycles. The normalized spacial score (nSPS) is 21.8. The Balaban J connectivity index is 1.76. The summed E-state index contributed by atoms with van der Waals surface area (Å²) in [5.74, 6) is 0. The number of fused-ring (bicyclic) bond motifs is 1. The average molecular weight is 259 g/mol. The van der Waals surface area contributed by atoms with Crippen LogP contribution in [-0.4, -0.2) is 37.4 Å². The summed E-state index contributed by atoms with van der Waals surface area (Å²) in [5.41, 5.74) is 4.12. The van der Waals surface area contributed by atoms with Crippen LogP contribution in [0, 0.1) is 0 Å². The van der Waals surface area contributed by atoms with Crippen LogP contribution in [0.1, 0.15) is 12.0 Å². The highest BCUT2D eigenvalue weighted by Crippen LogP contribution is 2.32. The van der Waals surface area contributed by atoms with Gasteiger partial charge < -0.3 is 5.32 Å². The minimum Gasteiger partial charge on any atom is -0.318 e. The lowest BCUT2D eigenvalue weighted by molar-refractivity contribution is 0.255. The van der Waals surface area contributed by atoms with E-state index in [1.165, 1.54) is 16.7 Å². The second kappa shape index (κ2) is 5.08. The van der Waals surface area contributed by atoms with Crippen LogP contribution in [0.2, 0.25) is 0 Å². The van der Waals surface area contributed by atoms with Crippen molar-refractivity contribution < 1.29 is 0 Å². The van der Waals surface area contributed by atoms with Gasteiger partial charge in [0, 0.05) is 13.1 Å². The SMILES string of the molecule is CNCCN1N=CC2=CC=C(c3ccsc3)CC21. The summed E-state index contributed by atoms with van der Waals surface area (Å²) in [6.07, 6.45) is 7.51. The van der Waals surface area contributed by atoms with E-state index in [-0.39, 0.29) is 0 Å². The van der Waals surface area contributed by atoms with Crippen molar-refractivity contribution in [2.45, 2.75) is 12.5 Å². The number of nitrogens with one attached hydrogen (secondary N) is 1. The van der Waals surface area contributed by atoms with Gasteiger partial charge in [-0.3, -0.25) is 5.01 Å². The molecule has 0 saturated carbocycles. The van der Waals surface area contributed by atoms with Gasteiger partial charge in [0.05, 0.1) is 12.3 Å². The van der Waals surface area contributed by atoms with Gasteiger partial charge in [0.2, 0.25) is 0 Å². The van der Waals surface area contributed by atoms with Gasteiger partial charge in [0.1, 0.15) is 0 Å². The fraction of sp³-hybridized carbons (Fsp3) is 0.357. The molecule has 0 radical (unpaired) electrons. The predicted octanol–water partition coefficient (Wildman–Crippen LogP) is 2.35. The molecular formula is C14H17N3S. The van der Waals surface area contributed by atoms with Crippen LogP contribution in [0.25, 0.3) is 5.57 Å². The fourth-order valence-electron chi connectivity index (χ4n) is 2.43. The number of allylic oxidation sites excluding steroid dienone is 2. The van der Waals surface area contributed by atoms with Crippen LogP contribution in [-0.2, 0) is 0 Å². The molecule has 0 bridgehead atoms. The van der Waals surface area contributed by atoms with Gasteiger partial charge in [0.25, 0.3) is 0 Å². The van der Waals surface area contributed by atoms with Crippen molar-refractivity contribution in [3.8, 4) is 0 Å². The molecule has 1 aromatic rings. The number of likely N-dealkylation sites (N-methyl/N-ethyl adjacent to an activating group) is 1. The molecule has 1 aliphatic heterocycles. The van der Waals surface area contributed by atoms with Gasteiger partial charge in [-0.2, -0.15) is 16.4 Å². The molecule has 1 aromatic heterocycles. The summed E-state index contributed by atoms with van der Waals surface area (Å²) >= 11 is 1.76. The summed E-state index contributed by atoms with van der Waals surface area (Å²) in [5, 5.41) is 14.2. The molecule has 94 valence electrons. The van der Waals surface area contributed by atoms with Crippen LogP contribution in [0.15, 0.2) is 39.7 Å². The third kappa shape index (κ3) is 2.13. The molecule has 1 N–H and O–H groups in total. The summed E-state index contributed by atoms with van der Waals surface area (Å²) < 4.78 is 0. The highest BCUT2D eigenvalue weighted by atomic mass is 32.1. The van der Waals surface area contributed by atoms with Crippen LogP contribution >= 0.6 is 11.3 Å². The standard InChI is InChI=1S/C14H17N3S/c1-15-5-6-17-14-8-11(13-4-7-18-10-13)2-3-12(14)9-16-17/h2-4,7,9-10,14-15H,5-6,8H2,1H3.